The maximum Gasteiger partial charge on any atom is 0.242 e. The molecule has 0 bridgehead atoms. The lowest BCUT2D eigenvalue weighted by molar-refractivity contribution is -0.128. The summed E-state index contributed by atoms with van der Waals surface area (Å²) in [5.74, 6) is 1.37. The number of benzene rings is 3. The third-order valence-electron chi connectivity index (χ3n) is 5.59. The zero-order valence-corrected chi connectivity index (χ0v) is 22.1. The zero-order chi connectivity index (χ0) is 26.4. The molecule has 1 saturated heterocycles. The van der Waals surface area contributed by atoms with Crippen LogP contribution in [-0.2, 0) is 16.1 Å². The summed E-state index contributed by atoms with van der Waals surface area (Å²) in [5.41, 5.74) is 2.07. The minimum Gasteiger partial charge on any atom is -0.497 e. The molecule has 192 valence electrons. The molecule has 1 aliphatic heterocycles. The Bertz CT molecular complexity index is 1320. The van der Waals surface area contributed by atoms with E-state index in [-0.39, 0.29) is 24.8 Å². The molecule has 4 rings (SSSR count). The molecule has 0 aromatic heterocycles. The summed E-state index contributed by atoms with van der Waals surface area (Å²) in [6.45, 7) is 0.258. The maximum absolute atomic E-state index is 13.5. The minimum absolute atomic E-state index is 0.0138. The summed E-state index contributed by atoms with van der Waals surface area (Å²) >= 11 is 7.28. The first-order valence-corrected chi connectivity index (χ1v) is 12.6. The van der Waals surface area contributed by atoms with E-state index in [1.165, 1.54) is 11.8 Å². The van der Waals surface area contributed by atoms with Gasteiger partial charge in [0.25, 0.3) is 0 Å². The molecule has 1 fully saturated rings. The summed E-state index contributed by atoms with van der Waals surface area (Å²) in [4.78, 5) is 32.5. The van der Waals surface area contributed by atoms with Gasteiger partial charge in [0.1, 0.15) is 11.0 Å². The fourth-order valence-electron chi connectivity index (χ4n) is 3.75. The molecule has 3 aromatic rings. The standard InChI is InChI=1S/C27H26ClN3O5S/c1-34-21-10-8-19(9-11-21)30-27-31(16-17-7-12-22(35-2)23(13-17)36-3)26(33)24(37-27)15-25(32)29-20-6-4-5-18(28)14-20/h4-14,24H,15-16H2,1-3H3,(H,29,32)/t24-/m1/s1. The molecule has 1 aliphatic rings. The summed E-state index contributed by atoms with van der Waals surface area (Å²) in [7, 11) is 4.72. The Hall–Kier alpha value is -3.69. The number of hydrogen-bond acceptors (Lipinski definition) is 7. The van der Waals surface area contributed by atoms with Crippen LogP contribution in [0.25, 0.3) is 0 Å². The van der Waals surface area contributed by atoms with Crippen LogP contribution in [0.2, 0.25) is 5.02 Å². The molecule has 1 heterocycles. The number of carbonyl (C=O) groups is 2. The molecule has 0 spiro atoms. The summed E-state index contributed by atoms with van der Waals surface area (Å²) in [6, 6.07) is 19.6. The molecule has 0 saturated carbocycles. The van der Waals surface area contributed by atoms with Crippen LogP contribution in [0.1, 0.15) is 12.0 Å². The van der Waals surface area contributed by atoms with Crippen molar-refractivity contribution in [1.82, 2.24) is 4.90 Å². The monoisotopic (exact) mass is 539 g/mol. The number of ether oxygens (including phenoxy) is 3. The number of rotatable bonds is 9. The molecule has 3 aromatic carbocycles. The number of anilines is 1. The Labute approximate surface area is 224 Å². The van der Waals surface area contributed by atoms with Crippen LogP contribution in [0.15, 0.2) is 71.7 Å². The van der Waals surface area contributed by atoms with Crippen molar-refractivity contribution in [2.75, 3.05) is 26.6 Å². The average Bonchev–Trinajstić information content (AvgIpc) is 3.17. The SMILES string of the molecule is COc1ccc(N=C2S[C@H](CC(=O)Nc3cccc(Cl)c3)C(=O)N2Cc2ccc(OC)c(OC)c2)cc1. The Morgan fingerprint density at radius 3 is 2.43 bits per heavy atom. The van der Waals surface area contributed by atoms with Crippen molar-refractivity contribution in [2.45, 2.75) is 18.2 Å². The molecule has 0 aliphatic carbocycles. The minimum atomic E-state index is -0.628. The van der Waals surface area contributed by atoms with Gasteiger partial charge in [-0.15, -0.1) is 0 Å². The predicted octanol–water partition coefficient (Wildman–Crippen LogP) is 5.53. The zero-order valence-electron chi connectivity index (χ0n) is 20.6. The van der Waals surface area contributed by atoms with Gasteiger partial charge in [-0.1, -0.05) is 35.5 Å². The lowest BCUT2D eigenvalue weighted by atomic mass is 10.1. The summed E-state index contributed by atoms with van der Waals surface area (Å²) in [5, 5.41) is 3.20. The van der Waals surface area contributed by atoms with Crippen molar-refractivity contribution < 1.29 is 23.8 Å². The van der Waals surface area contributed by atoms with Gasteiger partial charge in [-0.05, 0) is 60.2 Å². The highest BCUT2D eigenvalue weighted by Crippen LogP contribution is 2.35. The van der Waals surface area contributed by atoms with Crippen LogP contribution in [0.4, 0.5) is 11.4 Å². The van der Waals surface area contributed by atoms with Gasteiger partial charge < -0.3 is 19.5 Å². The molecule has 1 atom stereocenters. The lowest BCUT2D eigenvalue weighted by Gasteiger charge is -2.18. The first-order valence-electron chi connectivity index (χ1n) is 11.4. The number of amides is 2. The van der Waals surface area contributed by atoms with E-state index < -0.39 is 5.25 Å². The van der Waals surface area contributed by atoms with E-state index in [1.807, 2.05) is 24.3 Å². The van der Waals surface area contributed by atoms with Gasteiger partial charge in [0.15, 0.2) is 16.7 Å². The third kappa shape index (κ3) is 6.55. The third-order valence-corrected chi connectivity index (χ3v) is 7.00. The van der Waals surface area contributed by atoms with E-state index in [1.54, 1.807) is 68.7 Å². The van der Waals surface area contributed by atoms with Gasteiger partial charge in [0.05, 0.1) is 33.6 Å². The molecule has 0 unspecified atom stereocenters. The van der Waals surface area contributed by atoms with Gasteiger partial charge in [-0.3, -0.25) is 14.5 Å². The van der Waals surface area contributed by atoms with E-state index in [0.29, 0.717) is 38.8 Å². The van der Waals surface area contributed by atoms with Gasteiger partial charge >= 0.3 is 0 Å². The first kappa shape index (κ1) is 26.4. The molecule has 2 amide bonds. The second-order valence-corrected chi connectivity index (χ2v) is 9.68. The maximum atomic E-state index is 13.5. The highest BCUT2D eigenvalue weighted by atomic mass is 35.5. The number of hydrogen-bond donors (Lipinski definition) is 1. The number of amidine groups is 1. The number of nitrogens with one attached hydrogen (secondary N) is 1. The van der Waals surface area contributed by atoms with Gasteiger partial charge in [0.2, 0.25) is 11.8 Å². The molecular weight excluding hydrogens is 514 g/mol. The first-order chi connectivity index (χ1) is 17.9. The van der Waals surface area contributed by atoms with E-state index in [4.69, 9.17) is 30.8 Å². The summed E-state index contributed by atoms with van der Waals surface area (Å²) in [6.07, 6.45) is -0.0138. The Morgan fingerprint density at radius 2 is 1.76 bits per heavy atom. The van der Waals surface area contributed by atoms with Crippen molar-refractivity contribution in [3.8, 4) is 17.2 Å². The number of methoxy groups -OCH3 is 3. The Morgan fingerprint density at radius 1 is 1.00 bits per heavy atom. The lowest BCUT2D eigenvalue weighted by Crippen LogP contribution is -2.33. The van der Waals surface area contributed by atoms with Crippen LogP contribution in [-0.4, -0.2) is 48.5 Å². The molecule has 1 N–H and O–H groups in total. The quantitative estimate of drug-likeness (QED) is 0.385. The van der Waals surface area contributed by atoms with E-state index in [0.717, 1.165) is 5.56 Å². The Kier molecular flexibility index (Phi) is 8.58. The topological polar surface area (TPSA) is 89.5 Å². The van der Waals surface area contributed by atoms with Crippen molar-refractivity contribution in [3.05, 3.63) is 77.3 Å². The van der Waals surface area contributed by atoms with Crippen molar-refractivity contribution in [1.29, 1.82) is 0 Å². The molecular formula is C27H26ClN3O5S. The van der Waals surface area contributed by atoms with Crippen molar-refractivity contribution in [2.24, 2.45) is 4.99 Å². The second-order valence-electron chi connectivity index (χ2n) is 8.08. The second kappa shape index (κ2) is 12.0. The van der Waals surface area contributed by atoms with Crippen LogP contribution in [0.3, 0.4) is 0 Å². The van der Waals surface area contributed by atoms with Gasteiger partial charge in [0, 0.05) is 17.1 Å². The van der Waals surface area contributed by atoms with Gasteiger partial charge in [-0.2, -0.15) is 0 Å². The number of aliphatic imine (C=N–C) groups is 1. The number of thioether (sulfide) groups is 1. The number of halogens is 1. The van der Waals surface area contributed by atoms with E-state index >= 15 is 0 Å². The van der Waals surface area contributed by atoms with E-state index in [9.17, 15) is 9.59 Å². The predicted molar refractivity (Wildman–Crippen MR) is 146 cm³/mol. The molecule has 0 radical (unpaired) electrons. The van der Waals surface area contributed by atoms with Gasteiger partial charge in [-0.25, -0.2) is 4.99 Å². The normalized spacial score (nSPS) is 16.1. The van der Waals surface area contributed by atoms with Crippen molar-refractivity contribution in [3.63, 3.8) is 0 Å². The smallest absolute Gasteiger partial charge is 0.242 e. The fourth-order valence-corrected chi connectivity index (χ4v) is 5.09. The largest absolute Gasteiger partial charge is 0.497 e. The van der Waals surface area contributed by atoms with Crippen LogP contribution in [0, 0.1) is 0 Å². The number of carbonyl (C=O) groups excluding carboxylic acids is 2. The molecule has 37 heavy (non-hydrogen) atoms. The van der Waals surface area contributed by atoms with Crippen molar-refractivity contribution >= 4 is 51.7 Å². The molecule has 8 nitrogen and oxygen atoms in total. The highest BCUT2D eigenvalue weighted by Gasteiger charge is 2.39. The Balaban J connectivity index is 1.58. The summed E-state index contributed by atoms with van der Waals surface area (Å²) < 4.78 is 16.0. The van der Waals surface area contributed by atoms with Crippen LogP contribution in [0.5, 0.6) is 17.2 Å². The highest BCUT2D eigenvalue weighted by molar-refractivity contribution is 8.15. The number of nitrogens with zero attached hydrogens (tertiary/aromatic N) is 2. The fraction of sp³-hybridized carbons (Fsp3) is 0.222. The average molecular weight is 540 g/mol. The van der Waals surface area contributed by atoms with Crippen LogP contribution < -0.4 is 19.5 Å². The van der Waals surface area contributed by atoms with Crippen LogP contribution >= 0.6 is 23.4 Å². The van der Waals surface area contributed by atoms with E-state index in [2.05, 4.69) is 5.32 Å². The molecule has 10 heteroatoms.